The van der Waals surface area contributed by atoms with Crippen LogP contribution in [0.3, 0.4) is 0 Å². The van der Waals surface area contributed by atoms with E-state index in [1.807, 2.05) is 18.2 Å². The number of benzene rings is 1. The van der Waals surface area contributed by atoms with Crippen LogP contribution in [0.2, 0.25) is 0 Å². The van der Waals surface area contributed by atoms with Gasteiger partial charge in [0.25, 0.3) is 0 Å². The van der Waals surface area contributed by atoms with Crippen molar-refractivity contribution in [3.05, 3.63) is 29.8 Å². The number of hydrogen-bond donors (Lipinski definition) is 1. The first kappa shape index (κ1) is 17.3. The van der Waals surface area contributed by atoms with Gasteiger partial charge in [0.15, 0.2) is 0 Å². The maximum absolute atomic E-state index is 12.7. The van der Waals surface area contributed by atoms with Crippen LogP contribution in [0.15, 0.2) is 24.3 Å². The first-order valence-corrected chi connectivity index (χ1v) is 9.62. The Labute approximate surface area is 154 Å². The van der Waals surface area contributed by atoms with Crippen molar-refractivity contribution in [1.29, 1.82) is 0 Å². The van der Waals surface area contributed by atoms with Crippen molar-refractivity contribution in [2.45, 2.75) is 43.6 Å². The molecule has 1 spiro atoms. The molecule has 0 aromatic heterocycles. The Morgan fingerprint density at radius 3 is 2.69 bits per heavy atom. The van der Waals surface area contributed by atoms with E-state index in [1.54, 1.807) is 4.90 Å². The van der Waals surface area contributed by atoms with E-state index in [9.17, 15) is 9.59 Å². The Balaban J connectivity index is 1.41. The Bertz CT molecular complexity index is 697. The molecule has 0 radical (unpaired) electrons. The van der Waals surface area contributed by atoms with E-state index in [-0.39, 0.29) is 17.4 Å². The van der Waals surface area contributed by atoms with Crippen LogP contribution in [-0.2, 0) is 14.9 Å². The van der Waals surface area contributed by atoms with Crippen molar-refractivity contribution in [2.75, 3.05) is 38.6 Å². The molecule has 0 atom stereocenters. The van der Waals surface area contributed by atoms with Gasteiger partial charge in [-0.1, -0.05) is 18.2 Å². The fraction of sp³-hybridized carbons (Fsp3) is 0.600. The summed E-state index contributed by atoms with van der Waals surface area (Å²) in [7, 11) is 1.44. The highest BCUT2D eigenvalue weighted by Gasteiger charge is 2.49. The third-order valence-electron chi connectivity index (χ3n) is 6.41. The first-order valence-electron chi connectivity index (χ1n) is 9.62. The van der Waals surface area contributed by atoms with Gasteiger partial charge in [-0.25, -0.2) is 4.79 Å². The van der Waals surface area contributed by atoms with Gasteiger partial charge in [-0.2, -0.15) is 0 Å². The minimum Gasteiger partial charge on any atom is -0.453 e. The maximum Gasteiger partial charge on any atom is 0.409 e. The molecule has 1 saturated heterocycles. The molecule has 2 heterocycles. The zero-order valence-corrected chi connectivity index (χ0v) is 15.4. The highest BCUT2D eigenvalue weighted by Crippen LogP contribution is 2.48. The van der Waals surface area contributed by atoms with Crippen molar-refractivity contribution in [3.8, 4) is 0 Å². The molecular formula is C20H27N3O3. The number of hydrogen-bond acceptors (Lipinski definition) is 4. The fourth-order valence-corrected chi connectivity index (χ4v) is 4.94. The predicted octanol–water partition coefficient (Wildman–Crippen LogP) is 2.59. The molecule has 140 valence electrons. The molecule has 4 rings (SSSR count). The number of fused-ring (bicyclic) bond motifs is 2. The number of anilines is 1. The lowest BCUT2D eigenvalue weighted by atomic mass is 9.68. The van der Waals surface area contributed by atoms with Crippen LogP contribution in [0, 0.1) is 0 Å². The number of methoxy groups -OCH3 is 1. The lowest BCUT2D eigenvalue weighted by Crippen LogP contribution is -2.46. The number of para-hydroxylation sites is 1. The highest BCUT2D eigenvalue weighted by molar-refractivity contribution is 6.06. The Hall–Kier alpha value is -2.08. The molecule has 1 saturated carbocycles. The molecule has 1 aliphatic carbocycles. The molecule has 26 heavy (non-hydrogen) atoms. The van der Waals surface area contributed by atoms with E-state index >= 15 is 0 Å². The summed E-state index contributed by atoms with van der Waals surface area (Å²) in [4.78, 5) is 28.8. The monoisotopic (exact) mass is 357 g/mol. The SMILES string of the molecule is COC(=O)N1CCCN(C2CCC3(CC2)C(=O)Nc2ccccc23)CC1. The second kappa shape index (κ2) is 6.91. The summed E-state index contributed by atoms with van der Waals surface area (Å²) in [5.74, 6) is 0.171. The predicted molar refractivity (Wildman–Crippen MR) is 99.2 cm³/mol. The van der Waals surface area contributed by atoms with Crippen molar-refractivity contribution in [3.63, 3.8) is 0 Å². The second-order valence-corrected chi connectivity index (χ2v) is 7.66. The number of rotatable bonds is 1. The van der Waals surface area contributed by atoms with Gasteiger partial charge in [0.1, 0.15) is 0 Å². The largest absolute Gasteiger partial charge is 0.453 e. The van der Waals surface area contributed by atoms with Crippen LogP contribution in [-0.4, -0.2) is 61.1 Å². The zero-order chi connectivity index (χ0) is 18.1. The molecule has 2 aliphatic heterocycles. The summed E-state index contributed by atoms with van der Waals surface area (Å²) in [5, 5.41) is 3.08. The molecule has 0 unspecified atom stereocenters. The first-order chi connectivity index (χ1) is 12.6. The zero-order valence-electron chi connectivity index (χ0n) is 15.4. The normalized spacial score (nSPS) is 29.2. The summed E-state index contributed by atoms with van der Waals surface area (Å²) < 4.78 is 4.86. The van der Waals surface area contributed by atoms with Crippen LogP contribution >= 0.6 is 0 Å². The van der Waals surface area contributed by atoms with Gasteiger partial charge in [0.05, 0.1) is 12.5 Å². The van der Waals surface area contributed by atoms with E-state index in [1.165, 1.54) is 12.7 Å². The van der Waals surface area contributed by atoms with Crippen LogP contribution < -0.4 is 5.32 Å². The fourth-order valence-electron chi connectivity index (χ4n) is 4.94. The molecule has 3 aliphatic rings. The molecular weight excluding hydrogens is 330 g/mol. The summed E-state index contributed by atoms with van der Waals surface area (Å²) >= 11 is 0. The van der Waals surface area contributed by atoms with Gasteiger partial charge < -0.3 is 15.0 Å². The van der Waals surface area contributed by atoms with Gasteiger partial charge in [-0.15, -0.1) is 0 Å². The molecule has 0 bridgehead atoms. The van der Waals surface area contributed by atoms with Gasteiger partial charge in [0.2, 0.25) is 5.91 Å². The quantitative estimate of drug-likeness (QED) is 0.839. The second-order valence-electron chi connectivity index (χ2n) is 7.66. The van der Waals surface area contributed by atoms with Gasteiger partial charge in [0, 0.05) is 37.9 Å². The third-order valence-corrected chi connectivity index (χ3v) is 6.41. The Morgan fingerprint density at radius 2 is 1.92 bits per heavy atom. The van der Waals surface area contributed by atoms with Crippen molar-refractivity contribution in [1.82, 2.24) is 9.80 Å². The van der Waals surface area contributed by atoms with E-state index in [4.69, 9.17) is 4.74 Å². The van der Waals surface area contributed by atoms with Gasteiger partial charge >= 0.3 is 6.09 Å². The summed E-state index contributed by atoms with van der Waals surface area (Å²) in [6, 6.07) is 8.62. The van der Waals surface area contributed by atoms with Crippen LogP contribution in [0.1, 0.15) is 37.7 Å². The molecule has 1 aromatic rings. The lowest BCUT2D eigenvalue weighted by Gasteiger charge is -2.40. The molecule has 1 N–H and O–H groups in total. The number of amides is 2. The summed E-state index contributed by atoms with van der Waals surface area (Å²) in [5.41, 5.74) is 1.83. The van der Waals surface area contributed by atoms with Crippen molar-refractivity contribution < 1.29 is 14.3 Å². The van der Waals surface area contributed by atoms with Gasteiger partial charge in [-0.05, 0) is 43.7 Å². The van der Waals surface area contributed by atoms with E-state index in [0.29, 0.717) is 6.04 Å². The third kappa shape index (κ3) is 2.86. The maximum atomic E-state index is 12.7. The lowest BCUT2D eigenvalue weighted by molar-refractivity contribution is -0.122. The van der Waals surface area contributed by atoms with E-state index in [0.717, 1.165) is 64.0 Å². The summed E-state index contributed by atoms with van der Waals surface area (Å²) in [6.45, 7) is 3.37. The average Bonchev–Trinajstić information content (AvgIpc) is 2.83. The van der Waals surface area contributed by atoms with Crippen molar-refractivity contribution >= 4 is 17.7 Å². The van der Waals surface area contributed by atoms with Crippen LogP contribution in [0.5, 0.6) is 0 Å². The van der Waals surface area contributed by atoms with Crippen LogP contribution in [0.25, 0.3) is 0 Å². The van der Waals surface area contributed by atoms with E-state index < -0.39 is 0 Å². The summed E-state index contributed by atoms with van der Waals surface area (Å²) in [6.07, 6.45) is 4.60. The minimum absolute atomic E-state index is 0.171. The topological polar surface area (TPSA) is 61.9 Å². The number of ether oxygens (including phenoxy) is 1. The Kier molecular flexibility index (Phi) is 4.61. The Morgan fingerprint density at radius 1 is 1.15 bits per heavy atom. The smallest absolute Gasteiger partial charge is 0.409 e. The molecule has 6 nitrogen and oxygen atoms in total. The standard InChI is InChI=1S/C20H27N3O3/c1-26-19(25)23-12-4-11-22(13-14-23)15-7-9-20(10-8-15)16-5-2-3-6-17(16)21-18(20)24/h2-3,5-6,15H,4,7-14H2,1H3,(H,21,24). The van der Waals surface area contributed by atoms with Crippen LogP contribution in [0.4, 0.5) is 10.5 Å². The number of nitrogens with one attached hydrogen (secondary N) is 1. The molecule has 6 heteroatoms. The molecule has 1 aromatic carbocycles. The van der Waals surface area contributed by atoms with Crippen molar-refractivity contribution in [2.24, 2.45) is 0 Å². The molecule has 2 amide bonds. The number of carbonyl (C=O) groups excluding carboxylic acids is 2. The highest BCUT2D eigenvalue weighted by atomic mass is 16.5. The average molecular weight is 357 g/mol. The molecule has 2 fully saturated rings. The minimum atomic E-state index is -0.336. The van der Waals surface area contributed by atoms with Gasteiger partial charge in [-0.3, -0.25) is 9.69 Å². The number of nitrogens with zero attached hydrogens (tertiary/aromatic N) is 2. The van der Waals surface area contributed by atoms with E-state index in [2.05, 4.69) is 16.3 Å². The number of carbonyl (C=O) groups is 2.